The highest BCUT2D eigenvalue weighted by molar-refractivity contribution is 7.16. The summed E-state index contributed by atoms with van der Waals surface area (Å²) in [6, 6.07) is 6.32. The van der Waals surface area contributed by atoms with Crippen LogP contribution in [0.2, 0.25) is 0 Å². The molecule has 3 aromatic heterocycles. The highest BCUT2D eigenvalue weighted by Crippen LogP contribution is 2.29. The van der Waals surface area contributed by atoms with E-state index in [2.05, 4.69) is 44.8 Å². The summed E-state index contributed by atoms with van der Waals surface area (Å²) in [5, 5.41) is 5.26. The van der Waals surface area contributed by atoms with Crippen LogP contribution >= 0.6 is 11.3 Å². The Kier molecular flexibility index (Phi) is 3.97. The van der Waals surface area contributed by atoms with Crippen molar-refractivity contribution in [2.24, 2.45) is 0 Å². The zero-order valence-electron chi connectivity index (χ0n) is 14.0. The lowest BCUT2D eigenvalue weighted by atomic mass is 10.1. The molecule has 7 heteroatoms. The smallest absolute Gasteiger partial charge is 0.275 e. The molecule has 6 nitrogen and oxygen atoms in total. The van der Waals surface area contributed by atoms with E-state index in [1.54, 1.807) is 6.07 Å². The molecule has 0 saturated heterocycles. The third-order valence-electron chi connectivity index (χ3n) is 4.67. The van der Waals surface area contributed by atoms with Crippen LogP contribution in [-0.4, -0.2) is 30.6 Å². The molecule has 0 aliphatic carbocycles. The quantitative estimate of drug-likeness (QED) is 0.730. The molecule has 4 rings (SSSR count). The van der Waals surface area contributed by atoms with Crippen LogP contribution in [0.3, 0.4) is 0 Å². The molecule has 1 atom stereocenters. The Bertz CT molecular complexity index is 925. The molecular formula is C17H21N5OS. The summed E-state index contributed by atoms with van der Waals surface area (Å²) in [4.78, 5) is 20.1. The fourth-order valence-corrected chi connectivity index (χ4v) is 4.35. The standard InChI is InChI=1S/C17H21N5OS/c1-3-13-14-6-5-7-20(14)8-9-21(13)11-12-10-16(23)22-17(18-12)24-15(4-2)19-22/h5-7,10,13H,3-4,8-9,11H2,1-2H3. The molecule has 0 aromatic carbocycles. The zero-order chi connectivity index (χ0) is 16.7. The second-order valence-electron chi connectivity index (χ2n) is 6.15. The van der Waals surface area contributed by atoms with E-state index in [1.165, 1.54) is 21.5 Å². The summed E-state index contributed by atoms with van der Waals surface area (Å²) in [7, 11) is 0. The minimum atomic E-state index is -0.0839. The van der Waals surface area contributed by atoms with Crippen molar-refractivity contribution >= 4 is 16.3 Å². The molecule has 0 spiro atoms. The van der Waals surface area contributed by atoms with E-state index in [0.29, 0.717) is 17.5 Å². The van der Waals surface area contributed by atoms with Gasteiger partial charge in [0.25, 0.3) is 5.56 Å². The van der Waals surface area contributed by atoms with Crippen molar-refractivity contribution < 1.29 is 0 Å². The second-order valence-corrected chi connectivity index (χ2v) is 7.19. The molecule has 1 aliphatic rings. The molecule has 0 amide bonds. The molecule has 1 unspecified atom stereocenters. The third kappa shape index (κ3) is 2.57. The van der Waals surface area contributed by atoms with Gasteiger partial charge in [-0.05, 0) is 25.0 Å². The lowest BCUT2D eigenvalue weighted by Crippen LogP contribution is -2.37. The van der Waals surface area contributed by atoms with Crippen LogP contribution in [0.5, 0.6) is 0 Å². The SMILES string of the molecule is CCc1nn2c(=O)cc(CN3CCn4cccc4C3CC)nc2s1. The fraction of sp³-hybridized carbons (Fsp3) is 0.471. The summed E-state index contributed by atoms with van der Waals surface area (Å²) in [6.07, 6.45) is 4.02. The lowest BCUT2D eigenvalue weighted by Gasteiger charge is -2.36. The van der Waals surface area contributed by atoms with E-state index in [-0.39, 0.29) is 5.56 Å². The Morgan fingerprint density at radius 2 is 2.21 bits per heavy atom. The van der Waals surface area contributed by atoms with Crippen LogP contribution in [0.15, 0.2) is 29.2 Å². The highest BCUT2D eigenvalue weighted by atomic mass is 32.1. The maximum atomic E-state index is 12.3. The normalized spacial score (nSPS) is 18.2. The number of aromatic nitrogens is 4. The van der Waals surface area contributed by atoms with Crippen LogP contribution in [0.4, 0.5) is 0 Å². The largest absolute Gasteiger partial charge is 0.349 e. The first-order valence-corrected chi connectivity index (χ1v) is 9.29. The predicted octanol–water partition coefficient (Wildman–Crippen LogP) is 2.48. The fourth-order valence-electron chi connectivity index (χ4n) is 3.50. The van der Waals surface area contributed by atoms with Crippen molar-refractivity contribution in [3.63, 3.8) is 0 Å². The van der Waals surface area contributed by atoms with E-state index in [9.17, 15) is 4.79 Å². The summed E-state index contributed by atoms with van der Waals surface area (Å²) >= 11 is 1.50. The molecule has 126 valence electrons. The predicted molar refractivity (Wildman–Crippen MR) is 94.4 cm³/mol. The first kappa shape index (κ1) is 15.5. The van der Waals surface area contributed by atoms with Crippen LogP contribution in [-0.2, 0) is 19.5 Å². The number of nitrogens with zero attached hydrogens (tertiary/aromatic N) is 5. The number of aryl methyl sites for hydroxylation is 1. The first-order valence-electron chi connectivity index (χ1n) is 8.47. The first-order chi connectivity index (χ1) is 11.7. The van der Waals surface area contributed by atoms with Crippen molar-refractivity contribution in [3.8, 4) is 0 Å². The van der Waals surface area contributed by atoms with Gasteiger partial charge in [-0.2, -0.15) is 9.61 Å². The van der Waals surface area contributed by atoms with E-state index in [0.717, 1.165) is 36.6 Å². The van der Waals surface area contributed by atoms with Gasteiger partial charge in [0.2, 0.25) is 4.96 Å². The van der Waals surface area contributed by atoms with Crippen LogP contribution < -0.4 is 5.56 Å². The van der Waals surface area contributed by atoms with Crippen LogP contribution in [0.25, 0.3) is 4.96 Å². The minimum Gasteiger partial charge on any atom is -0.349 e. The molecule has 0 bridgehead atoms. The van der Waals surface area contributed by atoms with E-state index < -0.39 is 0 Å². The summed E-state index contributed by atoms with van der Waals surface area (Å²) in [6.45, 7) is 6.92. The summed E-state index contributed by atoms with van der Waals surface area (Å²) in [5.74, 6) is 0. The van der Waals surface area contributed by atoms with Gasteiger partial charge >= 0.3 is 0 Å². The van der Waals surface area contributed by atoms with Gasteiger partial charge in [0.05, 0.1) is 11.7 Å². The van der Waals surface area contributed by atoms with Crippen LogP contribution in [0.1, 0.15) is 42.7 Å². The Morgan fingerprint density at radius 1 is 1.33 bits per heavy atom. The molecule has 0 saturated carbocycles. The molecule has 0 N–H and O–H groups in total. The molecule has 1 aliphatic heterocycles. The number of hydrogen-bond acceptors (Lipinski definition) is 5. The zero-order valence-corrected chi connectivity index (χ0v) is 14.8. The number of hydrogen-bond donors (Lipinski definition) is 0. The Hall–Kier alpha value is -1.99. The van der Waals surface area contributed by atoms with Gasteiger partial charge < -0.3 is 4.57 Å². The van der Waals surface area contributed by atoms with Gasteiger partial charge in [0, 0.05) is 37.6 Å². The van der Waals surface area contributed by atoms with Crippen molar-refractivity contribution in [1.29, 1.82) is 0 Å². The van der Waals surface area contributed by atoms with Crippen molar-refractivity contribution in [1.82, 2.24) is 24.1 Å². The van der Waals surface area contributed by atoms with Crippen molar-refractivity contribution in [3.05, 3.63) is 51.1 Å². The third-order valence-corrected chi connectivity index (χ3v) is 5.72. The molecule has 24 heavy (non-hydrogen) atoms. The highest BCUT2D eigenvalue weighted by Gasteiger charge is 2.26. The van der Waals surface area contributed by atoms with E-state index >= 15 is 0 Å². The topological polar surface area (TPSA) is 55.4 Å². The summed E-state index contributed by atoms with van der Waals surface area (Å²) < 4.78 is 3.75. The minimum absolute atomic E-state index is 0.0839. The van der Waals surface area contributed by atoms with Gasteiger partial charge in [-0.1, -0.05) is 25.2 Å². The summed E-state index contributed by atoms with van der Waals surface area (Å²) in [5.41, 5.74) is 2.11. The lowest BCUT2D eigenvalue weighted by molar-refractivity contribution is 0.142. The molecule has 3 aromatic rings. The van der Waals surface area contributed by atoms with Crippen molar-refractivity contribution in [2.45, 2.75) is 45.8 Å². The van der Waals surface area contributed by atoms with E-state index in [4.69, 9.17) is 0 Å². The Labute approximate surface area is 144 Å². The van der Waals surface area contributed by atoms with Gasteiger partial charge in [-0.25, -0.2) is 4.98 Å². The maximum absolute atomic E-state index is 12.3. The number of rotatable bonds is 4. The van der Waals surface area contributed by atoms with Crippen molar-refractivity contribution in [2.75, 3.05) is 6.54 Å². The molecule has 4 heterocycles. The molecule has 0 radical (unpaired) electrons. The second kappa shape index (κ2) is 6.14. The Morgan fingerprint density at radius 3 is 3.00 bits per heavy atom. The Balaban J connectivity index is 1.65. The monoisotopic (exact) mass is 343 g/mol. The molecular weight excluding hydrogens is 322 g/mol. The molecule has 0 fully saturated rings. The average Bonchev–Trinajstić information content (AvgIpc) is 3.21. The number of fused-ring (bicyclic) bond motifs is 2. The van der Waals surface area contributed by atoms with Gasteiger partial charge in [-0.3, -0.25) is 9.69 Å². The average molecular weight is 343 g/mol. The maximum Gasteiger partial charge on any atom is 0.275 e. The van der Waals surface area contributed by atoms with Gasteiger partial charge in [0.15, 0.2) is 0 Å². The van der Waals surface area contributed by atoms with Crippen LogP contribution in [0, 0.1) is 0 Å². The van der Waals surface area contributed by atoms with E-state index in [1.807, 2.05) is 6.92 Å². The van der Waals surface area contributed by atoms with Gasteiger partial charge in [-0.15, -0.1) is 0 Å². The van der Waals surface area contributed by atoms with Gasteiger partial charge in [0.1, 0.15) is 5.01 Å².